The molecule has 28 heavy (non-hydrogen) atoms. The summed E-state index contributed by atoms with van der Waals surface area (Å²) in [5, 5.41) is 2.92. The number of benzene rings is 2. The molecule has 1 saturated heterocycles. The van der Waals surface area contributed by atoms with Gasteiger partial charge < -0.3 is 15.0 Å². The molecule has 2 N–H and O–H groups in total. The average Bonchev–Trinajstić information content (AvgIpc) is 2.69. The molecular weight excluding hydrogens is 383 g/mol. The molecule has 1 amide bonds. The van der Waals surface area contributed by atoms with E-state index in [0.717, 1.165) is 24.9 Å². The van der Waals surface area contributed by atoms with Crippen molar-refractivity contribution < 1.29 is 27.2 Å². The molecule has 1 aliphatic rings. The number of sulfone groups is 1. The van der Waals surface area contributed by atoms with Gasteiger partial charge in [0.05, 0.1) is 24.7 Å². The number of quaternary nitrogens is 1. The number of carbonyl (C=O) groups excluding carboxylic acids is 1. The molecule has 0 bridgehead atoms. The van der Waals surface area contributed by atoms with E-state index in [2.05, 4.69) is 5.32 Å². The lowest BCUT2D eigenvalue weighted by Crippen LogP contribution is -3.15. The highest BCUT2D eigenvalue weighted by atomic mass is 32.2. The summed E-state index contributed by atoms with van der Waals surface area (Å²) in [4.78, 5) is 14.0. The molecule has 0 aliphatic carbocycles. The van der Waals surface area contributed by atoms with Crippen LogP contribution in [0.1, 0.15) is 22.0 Å². The maximum atomic E-state index is 13.3. The number of amides is 1. The molecule has 2 aromatic carbocycles. The number of carbonyl (C=O) groups is 1. The van der Waals surface area contributed by atoms with Crippen LogP contribution in [0.15, 0.2) is 53.4 Å². The Labute approximate surface area is 164 Å². The lowest BCUT2D eigenvalue weighted by atomic mass is 10.0. The first-order valence-corrected chi connectivity index (χ1v) is 11.0. The minimum atomic E-state index is -3.30. The minimum Gasteiger partial charge on any atom is -0.370 e. The molecule has 1 aliphatic heterocycles. The zero-order chi connectivity index (χ0) is 20.1. The molecule has 0 saturated carbocycles. The van der Waals surface area contributed by atoms with Crippen LogP contribution in [0.3, 0.4) is 0 Å². The maximum Gasteiger partial charge on any atom is 0.251 e. The van der Waals surface area contributed by atoms with Crippen LogP contribution in [-0.2, 0) is 14.6 Å². The molecule has 2 aromatic rings. The summed E-state index contributed by atoms with van der Waals surface area (Å²) in [6.07, 6.45) is 1.13. The topological polar surface area (TPSA) is 76.9 Å². The summed E-state index contributed by atoms with van der Waals surface area (Å²) in [5.41, 5.74) is 1.34. The van der Waals surface area contributed by atoms with Crippen molar-refractivity contribution in [2.75, 3.05) is 39.1 Å². The van der Waals surface area contributed by atoms with Crippen LogP contribution in [0.5, 0.6) is 0 Å². The van der Waals surface area contributed by atoms with E-state index in [1.165, 1.54) is 41.3 Å². The number of ether oxygens (including phenoxy) is 1. The van der Waals surface area contributed by atoms with Crippen molar-refractivity contribution in [1.82, 2.24) is 5.32 Å². The highest BCUT2D eigenvalue weighted by molar-refractivity contribution is 7.90. The molecule has 8 heteroatoms. The van der Waals surface area contributed by atoms with Crippen LogP contribution in [-0.4, -0.2) is 53.4 Å². The van der Waals surface area contributed by atoms with Gasteiger partial charge in [0.15, 0.2) is 9.84 Å². The van der Waals surface area contributed by atoms with Crippen LogP contribution in [0.4, 0.5) is 4.39 Å². The van der Waals surface area contributed by atoms with Gasteiger partial charge in [-0.1, -0.05) is 12.1 Å². The van der Waals surface area contributed by atoms with E-state index in [-0.39, 0.29) is 22.7 Å². The molecule has 1 fully saturated rings. The molecule has 1 heterocycles. The summed E-state index contributed by atoms with van der Waals surface area (Å²) in [6.45, 7) is 3.29. The normalized spacial score (nSPS) is 16.5. The second-order valence-corrected chi connectivity index (χ2v) is 8.90. The van der Waals surface area contributed by atoms with E-state index in [9.17, 15) is 17.6 Å². The first-order chi connectivity index (χ1) is 13.3. The van der Waals surface area contributed by atoms with Crippen molar-refractivity contribution in [2.45, 2.75) is 10.9 Å². The van der Waals surface area contributed by atoms with E-state index < -0.39 is 9.84 Å². The van der Waals surface area contributed by atoms with Crippen LogP contribution in [0.25, 0.3) is 0 Å². The van der Waals surface area contributed by atoms with Gasteiger partial charge in [0.25, 0.3) is 5.91 Å². The summed E-state index contributed by atoms with van der Waals surface area (Å²) >= 11 is 0. The molecule has 150 valence electrons. The van der Waals surface area contributed by atoms with Gasteiger partial charge in [-0.2, -0.15) is 0 Å². The molecule has 6 nitrogen and oxygen atoms in total. The number of halogens is 1. The predicted molar refractivity (Wildman–Crippen MR) is 103 cm³/mol. The molecule has 1 atom stereocenters. The molecular formula is C20H24FN2O4S+. The lowest BCUT2D eigenvalue weighted by Gasteiger charge is -2.32. The number of rotatable bonds is 6. The molecule has 0 aromatic heterocycles. The Morgan fingerprint density at radius 2 is 1.71 bits per heavy atom. The van der Waals surface area contributed by atoms with Gasteiger partial charge >= 0.3 is 0 Å². The quantitative estimate of drug-likeness (QED) is 0.736. The van der Waals surface area contributed by atoms with Gasteiger partial charge in [-0.05, 0) is 36.4 Å². The fourth-order valence-electron chi connectivity index (χ4n) is 3.33. The smallest absolute Gasteiger partial charge is 0.251 e. The number of hydrogen-bond acceptors (Lipinski definition) is 4. The Hall–Kier alpha value is -2.29. The minimum absolute atomic E-state index is 0.0243. The third-order valence-electron chi connectivity index (χ3n) is 4.91. The van der Waals surface area contributed by atoms with Crippen molar-refractivity contribution in [2.24, 2.45) is 0 Å². The van der Waals surface area contributed by atoms with Crippen molar-refractivity contribution in [3.8, 4) is 0 Å². The number of morpholine rings is 1. The van der Waals surface area contributed by atoms with Crippen LogP contribution in [0.2, 0.25) is 0 Å². The van der Waals surface area contributed by atoms with Gasteiger partial charge in [0, 0.05) is 17.4 Å². The largest absolute Gasteiger partial charge is 0.370 e. The highest BCUT2D eigenvalue weighted by Crippen LogP contribution is 2.13. The Morgan fingerprint density at radius 1 is 1.11 bits per heavy atom. The molecule has 0 radical (unpaired) electrons. The molecule has 0 unspecified atom stereocenters. The van der Waals surface area contributed by atoms with Gasteiger partial charge in [-0.15, -0.1) is 0 Å². The Balaban J connectivity index is 1.72. The van der Waals surface area contributed by atoms with Gasteiger partial charge in [0.1, 0.15) is 24.9 Å². The predicted octanol–water partition coefficient (Wildman–Crippen LogP) is 0.615. The Kier molecular flexibility index (Phi) is 6.43. The zero-order valence-corrected chi connectivity index (χ0v) is 16.5. The Morgan fingerprint density at radius 3 is 2.29 bits per heavy atom. The van der Waals surface area contributed by atoms with Crippen molar-refractivity contribution >= 4 is 15.7 Å². The number of nitrogens with one attached hydrogen (secondary N) is 2. The fraction of sp³-hybridized carbons (Fsp3) is 0.350. The van der Waals surface area contributed by atoms with Crippen molar-refractivity contribution in [3.63, 3.8) is 0 Å². The first-order valence-electron chi connectivity index (χ1n) is 9.11. The van der Waals surface area contributed by atoms with E-state index >= 15 is 0 Å². The van der Waals surface area contributed by atoms with Crippen LogP contribution < -0.4 is 10.2 Å². The van der Waals surface area contributed by atoms with E-state index in [4.69, 9.17) is 4.74 Å². The summed E-state index contributed by atoms with van der Waals surface area (Å²) in [5.74, 6) is -0.575. The fourth-order valence-corrected chi connectivity index (χ4v) is 3.96. The van der Waals surface area contributed by atoms with E-state index in [1.807, 2.05) is 0 Å². The first kappa shape index (κ1) is 20.4. The standard InChI is InChI=1S/C20H23FN2O4S/c1-28(25,26)18-8-4-16(5-9-18)20(24)22-14-19(23-10-12-27-13-11-23)15-2-6-17(21)7-3-15/h2-9,19H,10-14H2,1H3,(H,22,24)/p+1/t19-/m0/s1. The lowest BCUT2D eigenvalue weighted by molar-refractivity contribution is -0.937. The summed E-state index contributed by atoms with van der Waals surface area (Å²) in [7, 11) is -3.30. The average molecular weight is 407 g/mol. The van der Waals surface area contributed by atoms with Crippen molar-refractivity contribution in [3.05, 3.63) is 65.5 Å². The van der Waals surface area contributed by atoms with E-state index in [0.29, 0.717) is 25.3 Å². The van der Waals surface area contributed by atoms with Gasteiger partial charge in [-0.25, -0.2) is 12.8 Å². The monoisotopic (exact) mass is 407 g/mol. The second-order valence-electron chi connectivity index (χ2n) is 6.88. The maximum absolute atomic E-state index is 13.3. The summed E-state index contributed by atoms with van der Waals surface area (Å²) < 4.78 is 41.8. The second kappa shape index (κ2) is 8.81. The van der Waals surface area contributed by atoms with Crippen LogP contribution in [0, 0.1) is 5.82 Å². The van der Waals surface area contributed by atoms with Gasteiger partial charge in [0.2, 0.25) is 0 Å². The van der Waals surface area contributed by atoms with E-state index in [1.54, 1.807) is 12.1 Å². The summed E-state index contributed by atoms with van der Waals surface area (Å²) in [6, 6.07) is 12.2. The third-order valence-corrected chi connectivity index (χ3v) is 6.04. The van der Waals surface area contributed by atoms with Gasteiger partial charge in [-0.3, -0.25) is 4.79 Å². The third kappa shape index (κ3) is 5.15. The zero-order valence-electron chi connectivity index (χ0n) is 15.7. The molecule has 3 rings (SSSR count). The highest BCUT2D eigenvalue weighted by Gasteiger charge is 2.27. The van der Waals surface area contributed by atoms with Crippen LogP contribution >= 0.6 is 0 Å². The SMILES string of the molecule is CS(=O)(=O)c1ccc(C(=O)NC[C@@H](c2ccc(F)cc2)[NH+]2CCOCC2)cc1. The number of hydrogen-bond donors (Lipinski definition) is 2. The Bertz CT molecular complexity index is 908. The van der Waals surface area contributed by atoms with Crippen molar-refractivity contribution in [1.29, 1.82) is 0 Å². The molecule has 0 spiro atoms.